The number of esters is 1. The Bertz CT molecular complexity index is 298. The van der Waals surface area contributed by atoms with Crippen molar-refractivity contribution in [2.24, 2.45) is 5.92 Å². The molecule has 0 amide bonds. The Morgan fingerprint density at radius 2 is 2.25 bits per heavy atom. The summed E-state index contributed by atoms with van der Waals surface area (Å²) in [6, 6.07) is -0.0531. The zero-order chi connectivity index (χ0) is 13.0. The lowest BCUT2D eigenvalue weighted by Crippen LogP contribution is -2.30. The molecular weight excluding hydrogens is 211 g/mol. The van der Waals surface area contributed by atoms with E-state index in [1.165, 1.54) is 0 Å². The van der Waals surface area contributed by atoms with Crippen molar-refractivity contribution >= 4 is 19.8 Å². The van der Waals surface area contributed by atoms with Crippen LogP contribution in [0.2, 0.25) is 0 Å². The van der Waals surface area contributed by atoms with E-state index in [-0.39, 0.29) is 31.7 Å². The summed E-state index contributed by atoms with van der Waals surface area (Å²) in [7, 11) is 1.87. The van der Waals surface area contributed by atoms with Crippen LogP contribution >= 0.6 is 0 Å². The van der Waals surface area contributed by atoms with Gasteiger partial charge in [0.2, 0.25) is 0 Å². The standard InChI is InChI=1S/C10H17BO5/c1-5-9(6(2)15-10(5)11)16-8(14)4-3-7(12)13/h5-6,9-10H,3-4,11H2,1-2H3,(H,12,13)/t5?,6-,9-,10-/m1/s1/i2D. The van der Waals surface area contributed by atoms with Crippen LogP contribution in [0.3, 0.4) is 0 Å². The number of carbonyl (C=O) groups is 2. The van der Waals surface area contributed by atoms with Gasteiger partial charge < -0.3 is 14.6 Å². The quantitative estimate of drug-likeness (QED) is 0.532. The maximum Gasteiger partial charge on any atom is 0.306 e. The molecule has 1 fully saturated rings. The van der Waals surface area contributed by atoms with E-state index in [9.17, 15) is 9.59 Å². The minimum atomic E-state index is -1.02. The van der Waals surface area contributed by atoms with E-state index in [0.29, 0.717) is 0 Å². The van der Waals surface area contributed by atoms with Gasteiger partial charge in [-0.1, -0.05) is 6.92 Å². The van der Waals surface area contributed by atoms with Gasteiger partial charge in [0, 0.05) is 13.3 Å². The molecule has 4 atom stereocenters. The van der Waals surface area contributed by atoms with Crippen LogP contribution in [-0.2, 0) is 19.1 Å². The molecule has 1 unspecified atom stereocenters. The molecule has 0 aromatic rings. The first kappa shape index (κ1) is 11.5. The zero-order valence-electron chi connectivity index (χ0n) is 10.5. The third kappa shape index (κ3) is 3.23. The molecule has 0 aromatic heterocycles. The minimum Gasteiger partial charge on any atom is -0.481 e. The number of hydrogen-bond donors (Lipinski definition) is 1. The van der Waals surface area contributed by atoms with Crippen molar-refractivity contribution in [1.82, 2.24) is 0 Å². The molecule has 5 nitrogen and oxygen atoms in total. The van der Waals surface area contributed by atoms with Crippen molar-refractivity contribution in [3.8, 4) is 0 Å². The van der Waals surface area contributed by atoms with Gasteiger partial charge in [-0.15, -0.1) is 0 Å². The molecule has 0 radical (unpaired) electrons. The van der Waals surface area contributed by atoms with E-state index in [4.69, 9.17) is 16.0 Å². The SMILES string of the molecule is [2H]C[C@H]1O[C@@H](B)C(C)[C@H]1OC(=O)CCC(=O)O. The summed E-state index contributed by atoms with van der Waals surface area (Å²) in [5.41, 5.74) is 0. The largest absolute Gasteiger partial charge is 0.481 e. The summed E-state index contributed by atoms with van der Waals surface area (Å²) in [6.07, 6.45) is -1.22. The van der Waals surface area contributed by atoms with Gasteiger partial charge in [0.1, 0.15) is 14.0 Å². The fourth-order valence-corrected chi connectivity index (χ4v) is 1.69. The van der Waals surface area contributed by atoms with E-state index in [0.717, 1.165) is 0 Å². The minimum absolute atomic E-state index is 0.0270. The first-order valence-electron chi connectivity index (χ1n) is 6.02. The molecule has 0 aliphatic carbocycles. The molecule has 0 bridgehead atoms. The smallest absolute Gasteiger partial charge is 0.306 e. The second kappa shape index (κ2) is 5.34. The van der Waals surface area contributed by atoms with E-state index >= 15 is 0 Å². The van der Waals surface area contributed by atoms with Gasteiger partial charge >= 0.3 is 11.9 Å². The average molecular weight is 229 g/mol. The van der Waals surface area contributed by atoms with Crippen molar-refractivity contribution < 1.29 is 25.5 Å². The van der Waals surface area contributed by atoms with E-state index in [1.807, 2.05) is 14.8 Å². The molecule has 1 heterocycles. The third-order valence-electron chi connectivity index (χ3n) is 2.83. The lowest BCUT2D eigenvalue weighted by molar-refractivity contribution is -0.155. The van der Waals surface area contributed by atoms with E-state index < -0.39 is 24.1 Å². The highest BCUT2D eigenvalue weighted by atomic mass is 16.6. The molecule has 1 aliphatic heterocycles. The average Bonchev–Trinajstić information content (AvgIpc) is 2.54. The number of aliphatic carboxylic acids is 1. The lowest BCUT2D eigenvalue weighted by Gasteiger charge is -2.19. The fourth-order valence-electron chi connectivity index (χ4n) is 1.69. The second-order valence-electron chi connectivity index (χ2n) is 4.09. The van der Waals surface area contributed by atoms with Gasteiger partial charge in [-0.3, -0.25) is 9.59 Å². The Hall–Kier alpha value is -1.04. The van der Waals surface area contributed by atoms with Crippen LogP contribution in [0.4, 0.5) is 0 Å². The molecule has 0 saturated carbocycles. The Morgan fingerprint density at radius 3 is 2.81 bits per heavy atom. The fraction of sp³-hybridized carbons (Fsp3) is 0.800. The first-order valence-corrected chi connectivity index (χ1v) is 5.31. The van der Waals surface area contributed by atoms with Crippen molar-refractivity contribution in [3.05, 3.63) is 0 Å². The maximum atomic E-state index is 11.4. The highest BCUT2D eigenvalue weighted by Gasteiger charge is 2.39. The summed E-state index contributed by atoms with van der Waals surface area (Å²) in [5.74, 6) is -1.54. The van der Waals surface area contributed by atoms with Gasteiger partial charge in [-0.2, -0.15) is 0 Å². The molecule has 6 heteroatoms. The molecule has 90 valence electrons. The number of hydrogen-bond acceptors (Lipinski definition) is 4. The molecule has 1 aliphatic rings. The van der Waals surface area contributed by atoms with Crippen molar-refractivity contribution in [1.29, 1.82) is 0 Å². The summed E-state index contributed by atoms with van der Waals surface area (Å²) < 4.78 is 18.0. The van der Waals surface area contributed by atoms with Gasteiger partial charge in [-0.05, 0) is 6.90 Å². The molecular formula is C10H17BO5. The second-order valence-corrected chi connectivity index (χ2v) is 4.09. The number of carbonyl (C=O) groups excluding carboxylic acids is 1. The van der Waals surface area contributed by atoms with Crippen LogP contribution in [0.1, 0.15) is 28.0 Å². The van der Waals surface area contributed by atoms with Crippen LogP contribution in [0.5, 0.6) is 0 Å². The van der Waals surface area contributed by atoms with Crippen LogP contribution in [0.25, 0.3) is 0 Å². The highest BCUT2D eigenvalue weighted by Crippen LogP contribution is 2.27. The van der Waals surface area contributed by atoms with Crippen LogP contribution < -0.4 is 0 Å². The number of rotatable bonds is 4. The predicted molar refractivity (Wildman–Crippen MR) is 58.8 cm³/mol. The van der Waals surface area contributed by atoms with E-state index in [2.05, 4.69) is 0 Å². The van der Waals surface area contributed by atoms with Crippen LogP contribution in [0.15, 0.2) is 0 Å². The van der Waals surface area contributed by atoms with Gasteiger partial charge in [0.05, 0.1) is 18.9 Å². The first-order chi connectivity index (χ1) is 7.95. The molecule has 1 rings (SSSR count). The third-order valence-corrected chi connectivity index (χ3v) is 2.83. The Balaban J connectivity index is 2.48. The van der Waals surface area contributed by atoms with Gasteiger partial charge in [0.25, 0.3) is 0 Å². The summed E-state index contributed by atoms with van der Waals surface area (Å²) in [4.78, 5) is 21.7. The molecule has 1 N–H and O–H groups in total. The van der Waals surface area contributed by atoms with Crippen molar-refractivity contribution in [2.45, 2.75) is 44.9 Å². The zero-order valence-corrected chi connectivity index (χ0v) is 9.51. The molecule has 0 spiro atoms. The highest BCUT2D eigenvalue weighted by molar-refractivity contribution is 6.11. The van der Waals surface area contributed by atoms with Gasteiger partial charge in [0.15, 0.2) is 0 Å². The van der Waals surface area contributed by atoms with Gasteiger partial charge in [-0.25, -0.2) is 0 Å². The number of carboxylic acids is 1. The summed E-state index contributed by atoms with van der Waals surface area (Å²) in [5, 5.41) is 8.45. The summed E-state index contributed by atoms with van der Waals surface area (Å²) in [6.45, 7) is 1.93. The Kier molecular flexibility index (Phi) is 3.82. The van der Waals surface area contributed by atoms with E-state index in [1.54, 1.807) is 0 Å². The van der Waals surface area contributed by atoms with Crippen LogP contribution in [-0.4, -0.2) is 43.1 Å². The normalized spacial score (nSPS) is 34.4. The maximum absolute atomic E-state index is 11.4. The number of ether oxygens (including phenoxy) is 2. The summed E-state index contributed by atoms with van der Waals surface area (Å²) >= 11 is 0. The predicted octanol–water partition coefficient (Wildman–Crippen LogP) is -0.223. The Labute approximate surface area is 96.9 Å². The van der Waals surface area contributed by atoms with Crippen LogP contribution in [0, 0.1) is 5.92 Å². The monoisotopic (exact) mass is 229 g/mol. The van der Waals surface area contributed by atoms with Crippen molar-refractivity contribution in [3.63, 3.8) is 0 Å². The molecule has 16 heavy (non-hydrogen) atoms. The number of carboxylic acid groups (broad SMARTS) is 1. The topological polar surface area (TPSA) is 72.8 Å². The lowest BCUT2D eigenvalue weighted by atomic mass is 9.86. The Morgan fingerprint density at radius 1 is 1.56 bits per heavy atom. The molecule has 0 aromatic carbocycles. The van der Waals surface area contributed by atoms with Crippen molar-refractivity contribution in [2.75, 3.05) is 0 Å². The molecule has 1 saturated heterocycles.